The van der Waals surface area contributed by atoms with Gasteiger partial charge in [0.25, 0.3) is 0 Å². The maximum absolute atomic E-state index is 11.3. The second kappa shape index (κ2) is 8.00. The summed E-state index contributed by atoms with van der Waals surface area (Å²) in [5.41, 5.74) is 1.49. The Morgan fingerprint density at radius 2 is 1.87 bits per heavy atom. The number of methoxy groups -OCH3 is 1. The van der Waals surface area contributed by atoms with Crippen molar-refractivity contribution in [1.82, 2.24) is 0 Å². The van der Waals surface area contributed by atoms with Gasteiger partial charge < -0.3 is 9.47 Å². The van der Waals surface area contributed by atoms with E-state index in [0.717, 1.165) is 5.56 Å². The van der Waals surface area contributed by atoms with Crippen LogP contribution in [0, 0.1) is 6.92 Å². The van der Waals surface area contributed by atoms with Crippen molar-refractivity contribution >= 4 is 5.97 Å². The number of esters is 1. The molecule has 3 nitrogen and oxygen atoms in total. The average Bonchev–Trinajstić information content (AvgIpc) is 2.29. The van der Waals surface area contributed by atoms with Gasteiger partial charge in [0.05, 0.1) is 5.56 Å². The molecule has 0 heterocycles. The zero-order chi connectivity index (χ0) is 11.7. The van der Waals surface area contributed by atoms with E-state index >= 15 is 0 Å². The van der Waals surface area contributed by atoms with Gasteiger partial charge in [-0.1, -0.05) is 32.0 Å². The van der Waals surface area contributed by atoms with Crippen molar-refractivity contribution in [3.63, 3.8) is 0 Å². The molecule has 84 valence electrons. The molecule has 0 atom stereocenters. The van der Waals surface area contributed by atoms with Crippen molar-refractivity contribution in [3.8, 4) is 0 Å². The van der Waals surface area contributed by atoms with Crippen molar-refractivity contribution < 1.29 is 14.3 Å². The lowest BCUT2D eigenvalue weighted by Gasteiger charge is -2.04. The van der Waals surface area contributed by atoms with Gasteiger partial charge in [0, 0.05) is 7.11 Å². The van der Waals surface area contributed by atoms with Gasteiger partial charge in [0.15, 0.2) is 6.79 Å². The van der Waals surface area contributed by atoms with Gasteiger partial charge in [0.1, 0.15) is 0 Å². The molecule has 0 spiro atoms. The van der Waals surface area contributed by atoms with Crippen LogP contribution < -0.4 is 0 Å². The van der Waals surface area contributed by atoms with Crippen molar-refractivity contribution in [2.24, 2.45) is 0 Å². The van der Waals surface area contributed by atoms with Gasteiger partial charge in [-0.3, -0.25) is 0 Å². The van der Waals surface area contributed by atoms with E-state index in [1.54, 1.807) is 12.1 Å². The zero-order valence-electron chi connectivity index (χ0n) is 9.74. The Morgan fingerprint density at radius 3 is 2.40 bits per heavy atom. The fraction of sp³-hybridized carbons (Fsp3) is 0.417. The Labute approximate surface area is 91.0 Å². The van der Waals surface area contributed by atoms with E-state index in [4.69, 9.17) is 4.74 Å². The molecule has 0 saturated heterocycles. The minimum Gasteiger partial charge on any atom is -0.435 e. The van der Waals surface area contributed by atoms with Crippen LogP contribution in [0.25, 0.3) is 0 Å². The summed E-state index contributed by atoms with van der Waals surface area (Å²) in [6.07, 6.45) is 0. The van der Waals surface area contributed by atoms with Crippen LogP contribution in [0.4, 0.5) is 0 Å². The number of rotatable bonds is 3. The van der Waals surface area contributed by atoms with E-state index in [1.807, 2.05) is 32.9 Å². The summed E-state index contributed by atoms with van der Waals surface area (Å²) in [5, 5.41) is 0. The number of carbonyl (C=O) groups excluding carboxylic acids is 1. The first-order valence-electron chi connectivity index (χ1n) is 4.97. The first-order chi connectivity index (χ1) is 7.25. The number of aryl methyl sites for hydroxylation is 1. The summed E-state index contributed by atoms with van der Waals surface area (Å²) in [5.74, 6) is -0.347. The third kappa shape index (κ3) is 4.61. The summed E-state index contributed by atoms with van der Waals surface area (Å²) in [4.78, 5) is 11.3. The quantitative estimate of drug-likeness (QED) is 0.568. The fourth-order valence-electron chi connectivity index (χ4n) is 0.992. The summed E-state index contributed by atoms with van der Waals surface area (Å²) >= 11 is 0. The van der Waals surface area contributed by atoms with E-state index in [9.17, 15) is 4.79 Å². The van der Waals surface area contributed by atoms with Crippen LogP contribution in [0.1, 0.15) is 29.8 Å². The van der Waals surface area contributed by atoms with Gasteiger partial charge in [0.2, 0.25) is 0 Å². The summed E-state index contributed by atoms with van der Waals surface area (Å²) in [6.45, 7) is 5.86. The molecule has 0 aliphatic carbocycles. The molecule has 0 aliphatic rings. The molecule has 0 amide bonds. The predicted octanol–water partition coefficient (Wildman–Crippen LogP) is 2.78. The van der Waals surface area contributed by atoms with Crippen LogP contribution in [-0.4, -0.2) is 19.9 Å². The molecule has 0 aromatic heterocycles. The Hall–Kier alpha value is -1.35. The average molecular weight is 210 g/mol. The van der Waals surface area contributed by atoms with Gasteiger partial charge in [-0.15, -0.1) is 0 Å². The van der Waals surface area contributed by atoms with Gasteiger partial charge in [-0.25, -0.2) is 4.79 Å². The zero-order valence-corrected chi connectivity index (χ0v) is 9.74. The van der Waals surface area contributed by atoms with Gasteiger partial charge in [-0.05, 0) is 18.6 Å². The first kappa shape index (κ1) is 13.7. The molecular formula is C12H18O3. The molecule has 0 aliphatic heterocycles. The number of benzene rings is 1. The molecule has 1 aromatic rings. The number of carbonyl (C=O) groups is 1. The van der Waals surface area contributed by atoms with Crippen molar-refractivity contribution in [1.29, 1.82) is 0 Å². The minimum absolute atomic E-state index is 0.00678. The minimum atomic E-state index is -0.347. The topological polar surface area (TPSA) is 35.5 Å². The fourth-order valence-corrected chi connectivity index (χ4v) is 0.992. The highest BCUT2D eigenvalue weighted by Crippen LogP contribution is 2.08. The van der Waals surface area contributed by atoms with Crippen LogP contribution >= 0.6 is 0 Å². The molecular weight excluding hydrogens is 192 g/mol. The molecule has 1 aromatic carbocycles. The first-order valence-corrected chi connectivity index (χ1v) is 4.97. The second-order valence-electron chi connectivity index (χ2n) is 2.65. The molecule has 0 bridgehead atoms. The van der Waals surface area contributed by atoms with Crippen molar-refractivity contribution in [2.45, 2.75) is 20.8 Å². The van der Waals surface area contributed by atoms with E-state index in [1.165, 1.54) is 7.11 Å². The number of hydrogen-bond acceptors (Lipinski definition) is 3. The smallest absolute Gasteiger partial charge is 0.340 e. The lowest BCUT2D eigenvalue weighted by molar-refractivity contribution is -0.0125. The third-order valence-corrected chi connectivity index (χ3v) is 1.67. The van der Waals surface area contributed by atoms with Gasteiger partial charge in [-0.2, -0.15) is 0 Å². The van der Waals surface area contributed by atoms with Crippen molar-refractivity contribution in [2.75, 3.05) is 13.9 Å². The SMILES string of the molecule is CC.COCOC(=O)c1ccccc1C. The monoisotopic (exact) mass is 210 g/mol. The van der Waals surface area contributed by atoms with E-state index < -0.39 is 0 Å². The van der Waals surface area contributed by atoms with E-state index in [2.05, 4.69) is 4.74 Å². The van der Waals surface area contributed by atoms with Crippen LogP contribution in [0.2, 0.25) is 0 Å². The van der Waals surface area contributed by atoms with Crippen LogP contribution in [0.3, 0.4) is 0 Å². The van der Waals surface area contributed by atoms with Crippen LogP contribution in [0.5, 0.6) is 0 Å². The lowest BCUT2D eigenvalue weighted by atomic mass is 10.1. The Balaban J connectivity index is 0.000000921. The Morgan fingerprint density at radius 1 is 1.27 bits per heavy atom. The highest BCUT2D eigenvalue weighted by molar-refractivity contribution is 5.90. The molecule has 0 N–H and O–H groups in total. The maximum Gasteiger partial charge on any atom is 0.340 e. The Kier molecular flexibility index (Phi) is 7.28. The molecule has 0 radical (unpaired) electrons. The molecule has 3 heteroatoms. The van der Waals surface area contributed by atoms with E-state index in [-0.39, 0.29) is 12.8 Å². The third-order valence-electron chi connectivity index (χ3n) is 1.67. The summed E-state index contributed by atoms with van der Waals surface area (Å²) in [7, 11) is 1.48. The van der Waals surface area contributed by atoms with Crippen molar-refractivity contribution in [3.05, 3.63) is 35.4 Å². The number of ether oxygens (including phenoxy) is 2. The highest BCUT2D eigenvalue weighted by Gasteiger charge is 2.08. The standard InChI is InChI=1S/C10H12O3.C2H6/c1-8-5-3-4-6-9(8)10(11)13-7-12-2;1-2/h3-6H,7H2,1-2H3;1-2H3. The molecule has 1 rings (SSSR count). The largest absolute Gasteiger partial charge is 0.435 e. The normalized spacial score (nSPS) is 8.80. The molecule has 0 saturated carbocycles. The highest BCUT2D eigenvalue weighted by atomic mass is 16.7. The van der Waals surface area contributed by atoms with Gasteiger partial charge >= 0.3 is 5.97 Å². The summed E-state index contributed by atoms with van der Waals surface area (Å²) < 4.78 is 9.43. The van der Waals surface area contributed by atoms with Crippen LogP contribution in [0.15, 0.2) is 24.3 Å². The second-order valence-corrected chi connectivity index (χ2v) is 2.65. The number of hydrogen-bond donors (Lipinski definition) is 0. The summed E-state index contributed by atoms with van der Waals surface area (Å²) in [6, 6.07) is 7.27. The Bertz CT molecular complexity index is 295. The molecule has 0 fully saturated rings. The predicted molar refractivity (Wildman–Crippen MR) is 59.8 cm³/mol. The lowest BCUT2D eigenvalue weighted by Crippen LogP contribution is -2.08. The molecule has 0 unspecified atom stereocenters. The van der Waals surface area contributed by atoms with E-state index in [0.29, 0.717) is 5.56 Å². The maximum atomic E-state index is 11.3. The molecule has 15 heavy (non-hydrogen) atoms. The van der Waals surface area contributed by atoms with Crippen LogP contribution in [-0.2, 0) is 9.47 Å².